The lowest BCUT2D eigenvalue weighted by atomic mass is 10.0. The molecule has 0 amide bonds. The summed E-state index contributed by atoms with van der Waals surface area (Å²) in [6, 6.07) is 12.1. The second-order valence-corrected chi connectivity index (χ2v) is 9.84. The SMILES string of the molecule is CCCCc1ncc(/C=C(\Cc2ccc3c(c2)OCO3)C(=O)O)n1-c1ccc(OC)cc1OCc1cnccc1C(=O)O. The van der Waals surface area contributed by atoms with E-state index in [1.165, 1.54) is 25.6 Å². The summed E-state index contributed by atoms with van der Waals surface area (Å²) < 4.78 is 24.3. The predicted molar refractivity (Wildman–Crippen MR) is 156 cm³/mol. The van der Waals surface area contributed by atoms with Gasteiger partial charge in [0.05, 0.1) is 30.3 Å². The van der Waals surface area contributed by atoms with Crippen molar-refractivity contribution in [1.82, 2.24) is 14.5 Å². The number of nitrogens with zero attached hydrogens (tertiary/aromatic N) is 3. The molecule has 2 N–H and O–H groups in total. The van der Waals surface area contributed by atoms with Crippen molar-refractivity contribution < 1.29 is 38.7 Å². The molecule has 0 fully saturated rings. The number of aromatic nitrogens is 3. The van der Waals surface area contributed by atoms with Crippen LogP contribution >= 0.6 is 0 Å². The number of aryl methyl sites for hydroxylation is 1. The summed E-state index contributed by atoms with van der Waals surface area (Å²) >= 11 is 0. The van der Waals surface area contributed by atoms with Crippen LogP contribution in [0.5, 0.6) is 23.0 Å². The Labute approximate surface area is 248 Å². The first-order chi connectivity index (χ1) is 20.9. The van der Waals surface area contributed by atoms with E-state index in [0.29, 0.717) is 46.4 Å². The molecule has 1 aliphatic heterocycles. The van der Waals surface area contributed by atoms with Gasteiger partial charge in [0.15, 0.2) is 11.5 Å². The van der Waals surface area contributed by atoms with E-state index < -0.39 is 11.9 Å². The smallest absolute Gasteiger partial charge is 0.336 e. The Morgan fingerprint density at radius 2 is 1.91 bits per heavy atom. The van der Waals surface area contributed by atoms with Gasteiger partial charge in [-0.3, -0.25) is 9.55 Å². The first kappa shape index (κ1) is 29.2. The number of hydrogen-bond acceptors (Lipinski definition) is 8. The molecule has 0 atom stereocenters. The van der Waals surface area contributed by atoms with Gasteiger partial charge in [-0.25, -0.2) is 14.6 Å². The van der Waals surface area contributed by atoms with Gasteiger partial charge in [-0.15, -0.1) is 0 Å². The first-order valence-corrected chi connectivity index (χ1v) is 13.7. The number of ether oxygens (including phenoxy) is 4. The lowest BCUT2D eigenvalue weighted by Gasteiger charge is -2.18. The number of imidazole rings is 1. The minimum atomic E-state index is -1.08. The lowest BCUT2D eigenvalue weighted by molar-refractivity contribution is -0.132. The standard InChI is InChI=1S/C32H31N3O8/c1-3-4-5-30-34-17-23(14-21(31(36)37)12-20-6-9-27-29(13-20)43-19-42-27)35(30)26-8-7-24(40-2)15-28(26)41-18-22-16-33-11-10-25(22)32(38)39/h6-11,13-17H,3-5,12,18-19H2,1-2H3,(H,36,37)(H,38,39)/b21-14+. The fraction of sp³-hybridized carbons (Fsp3) is 0.250. The average Bonchev–Trinajstić information content (AvgIpc) is 3.65. The van der Waals surface area contributed by atoms with Crippen molar-refractivity contribution >= 4 is 18.0 Å². The number of aliphatic carboxylic acids is 1. The van der Waals surface area contributed by atoms with Gasteiger partial charge in [-0.2, -0.15) is 0 Å². The molecule has 0 saturated heterocycles. The molecule has 0 spiro atoms. The zero-order valence-electron chi connectivity index (χ0n) is 23.8. The molecular weight excluding hydrogens is 554 g/mol. The van der Waals surface area contributed by atoms with Crippen LogP contribution in [-0.4, -0.2) is 50.6 Å². The summed E-state index contributed by atoms with van der Waals surface area (Å²) in [5, 5.41) is 19.8. The highest BCUT2D eigenvalue weighted by Gasteiger charge is 2.20. The second-order valence-electron chi connectivity index (χ2n) is 9.84. The number of carboxylic acid groups (broad SMARTS) is 2. The molecule has 4 aromatic rings. The van der Waals surface area contributed by atoms with Crippen LogP contribution in [0.15, 0.2) is 66.6 Å². The van der Waals surface area contributed by atoms with E-state index in [0.717, 1.165) is 24.2 Å². The number of carboxylic acids is 2. The lowest BCUT2D eigenvalue weighted by Crippen LogP contribution is -2.10. The van der Waals surface area contributed by atoms with Crippen molar-refractivity contribution in [3.8, 4) is 28.7 Å². The Bertz CT molecular complexity index is 1680. The Balaban J connectivity index is 1.55. The van der Waals surface area contributed by atoms with Crippen molar-refractivity contribution in [1.29, 1.82) is 0 Å². The minimum Gasteiger partial charge on any atom is -0.497 e. The summed E-state index contributed by atoms with van der Waals surface area (Å²) in [6.45, 7) is 2.15. The van der Waals surface area contributed by atoms with Crippen molar-refractivity contribution in [2.45, 2.75) is 39.2 Å². The third kappa shape index (κ3) is 6.61. The molecule has 2 aromatic carbocycles. The number of fused-ring (bicyclic) bond motifs is 1. The van der Waals surface area contributed by atoms with Gasteiger partial charge in [0.25, 0.3) is 0 Å². The molecular formula is C32H31N3O8. The molecule has 3 heterocycles. The molecule has 2 aromatic heterocycles. The van der Waals surface area contributed by atoms with E-state index >= 15 is 0 Å². The third-order valence-electron chi connectivity index (χ3n) is 6.97. The van der Waals surface area contributed by atoms with E-state index in [4.69, 9.17) is 18.9 Å². The number of hydrogen-bond donors (Lipinski definition) is 2. The van der Waals surface area contributed by atoms with E-state index in [1.54, 1.807) is 36.5 Å². The highest BCUT2D eigenvalue weighted by atomic mass is 16.7. The maximum Gasteiger partial charge on any atom is 0.336 e. The molecule has 5 rings (SSSR count). The van der Waals surface area contributed by atoms with E-state index in [2.05, 4.69) is 16.9 Å². The van der Waals surface area contributed by atoms with Crippen LogP contribution in [0.25, 0.3) is 11.8 Å². The molecule has 222 valence electrons. The quantitative estimate of drug-likeness (QED) is 0.198. The molecule has 0 radical (unpaired) electrons. The summed E-state index contributed by atoms with van der Waals surface area (Å²) in [6.07, 6.45) is 8.71. The van der Waals surface area contributed by atoms with E-state index in [9.17, 15) is 19.8 Å². The molecule has 11 heteroatoms. The molecule has 0 saturated carbocycles. The first-order valence-electron chi connectivity index (χ1n) is 13.7. The summed E-state index contributed by atoms with van der Waals surface area (Å²) in [5.74, 6) is 0.709. The van der Waals surface area contributed by atoms with Gasteiger partial charge in [0, 0.05) is 42.4 Å². The number of unbranched alkanes of at least 4 members (excludes halogenated alkanes) is 1. The topological polar surface area (TPSA) is 142 Å². The van der Waals surface area contributed by atoms with Gasteiger partial charge >= 0.3 is 11.9 Å². The van der Waals surface area contributed by atoms with Crippen LogP contribution in [0.1, 0.15) is 52.8 Å². The molecule has 43 heavy (non-hydrogen) atoms. The Morgan fingerprint density at radius 3 is 2.67 bits per heavy atom. The van der Waals surface area contributed by atoms with E-state index in [1.807, 2.05) is 16.7 Å². The largest absolute Gasteiger partial charge is 0.497 e. The van der Waals surface area contributed by atoms with Crippen molar-refractivity contribution in [2.75, 3.05) is 13.9 Å². The molecule has 0 unspecified atom stereocenters. The fourth-order valence-electron chi connectivity index (χ4n) is 4.76. The van der Waals surface area contributed by atoms with Crippen LogP contribution in [0.4, 0.5) is 0 Å². The van der Waals surface area contributed by atoms with Crippen molar-refractivity contribution in [3.63, 3.8) is 0 Å². The maximum absolute atomic E-state index is 12.4. The van der Waals surface area contributed by atoms with Gasteiger partial charge < -0.3 is 29.2 Å². The number of pyridine rings is 1. The summed E-state index contributed by atoms with van der Waals surface area (Å²) in [4.78, 5) is 32.9. The van der Waals surface area contributed by atoms with Crippen molar-refractivity contribution in [3.05, 3.63) is 94.8 Å². The molecule has 1 aliphatic rings. The van der Waals surface area contributed by atoms with Crippen LogP contribution in [0.3, 0.4) is 0 Å². The molecule has 11 nitrogen and oxygen atoms in total. The van der Waals surface area contributed by atoms with Crippen LogP contribution in [-0.2, 0) is 24.2 Å². The highest BCUT2D eigenvalue weighted by Crippen LogP contribution is 2.34. The van der Waals surface area contributed by atoms with Crippen LogP contribution in [0.2, 0.25) is 0 Å². The Kier molecular flexibility index (Phi) is 8.90. The minimum absolute atomic E-state index is 0.0652. The number of aromatic carboxylic acids is 1. The fourth-order valence-corrected chi connectivity index (χ4v) is 4.76. The average molecular weight is 586 g/mol. The normalized spacial score (nSPS) is 12.3. The summed E-state index contributed by atoms with van der Waals surface area (Å²) in [5.41, 5.74) is 2.55. The number of benzene rings is 2. The van der Waals surface area contributed by atoms with Gasteiger partial charge in [-0.1, -0.05) is 19.4 Å². The number of methoxy groups -OCH3 is 1. The van der Waals surface area contributed by atoms with Gasteiger partial charge in [0.2, 0.25) is 6.79 Å². The van der Waals surface area contributed by atoms with Crippen LogP contribution in [0, 0.1) is 0 Å². The van der Waals surface area contributed by atoms with Crippen molar-refractivity contribution in [2.24, 2.45) is 0 Å². The Morgan fingerprint density at radius 1 is 1.07 bits per heavy atom. The van der Waals surface area contributed by atoms with Crippen LogP contribution < -0.4 is 18.9 Å². The summed E-state index contributed by atoms with van der Waals surface area (Å²) in [7, 11) is 1.54. The molecule has 0 aliphatic carbocycles. The zero-order valence-corrected chi connectivity index (χ0v) is 23.8. The predicted octanol–water partition coefficient (Wildman–Crippen LogP) is 5.34. The monoisotopic (exact) mass is 585 g/mol. The maximum atomic E-state index is 12.4. The second kappa shape index (κ2) is 13.1. The molecule has 0 bridgehead atoms. The van der Waals surface area contributed by atoms with E-state index in [-0.39, 0.29) is 31.0 Å². The third-order valence-corrected chi connectivity index (χ3v) is 6.97. The number of rotatable bonds is 13. The highest BCUT2D eigenvalue weighted by molar-refractivity contribution is 5.92. The number of carbonyl (C=O) groups is 2. The van der Waals surface area contributed by atoms with Gasteiger partial charge in [0.1, 0.15) is 23.9 Å². The zero-order chi connectivity index (χ0) is 30.3. The Hall–Kier alpha value is -5.32. The van der Waals surface area contributed by atoms with Gasteiger partial charge in [-0.05, 0) is 48.4 Å².